The minimum absolute atomic E-state index is 0.0853. The maximum absolute atomic E-state index is 13.3. The number of fused-ring (bicyclic) bond motifs is 1. The second kappa shape index (κ2) is 17.8. The minimum Gasteiger partial charge on any atom is -0.491 e. The van der Waals surface area contributed by atoms with E-state index in [0.29, 0.717) is 44.9 Å². The molecule has 0 unspecified atom stereocenters. The number of nitrogens with zero attached hydrogens (tertiary/aromatic N) is 1. The third-order valence-electron chi connectivity index (χ3n) is 7.55. The molecule has 0 bridgehead atoms. The second-order valence-corrected chi connectivity index (χ2v) is 11.7. The van der Waals surface area contributed by atoms with Gasteiger partial charge in [-0.25, -0.2) is 4.79 Å². The van der Waals surface area contributed by atoms with Crippen molar-refractivity contribution in [3.05, 3.63) is 29.8 Å². The molecule has 2 atom stereocenters. The van der Waals surface area contributed by atoms with Crippen molar-refractivity contribution in [3.8, 4) is 5.75 Å². The van der Waals surface area contributed by atoms with Crippen LogP contribution in [0.2, 0.25) is 0 Å². The summed E-state index contributed by atoms with van der Waals surface area (Å²) in [6.07, 6.45) is 10.7. The van der Waals surface area contributed by atoms with Crippen LogP contribution >= 0.6 is 11.9 Å². The Kier molecular flexibility index (Phi) is 14.2. The second-order valence-electron chi connectivity index (χ2n) is 10.7. The van der Waals surface area contributed by atoms with Crippen LogP contribution in [-0.2, 0) is 25.7 Å². The predicted molar refractivity (Wildman–Crippen MR) is 156 cm³/mol. The summed E-state index contributed by atoms with van der Waals surface area (Å²) in [6.45, 7) is 3.80. The van der Waals surface area contributed by atoms with Crippen molar-refractivity contribution in [2.45, 2.75) is 102 Å². The molecule has 1 aliphatic heterocycles. The largest absolute Gasteiger partial charge is 0.491 e. The third kappa shape index (κ3) is 11.0. The number of hydrogen-bond donors (Lipinski definition) is 2. The van der Waals surface area contributed by atoms with Gasteiger partial charge in [-0.05, 0) is 43.2 Å². The summed E-state index contributed by atoms with van der Waals surface area (Å²) < 4.78 is 13.7. The van der Waals surface area contributed by atoms with Gasteiger partial charge in [0.2, 0.25) is 11.8 Å². The number of nitrogens with one attached hydrogen (secondary N) is 2. The van der Waals surface area contributed by atoms with E-state index in [1.54, 1.807) is 4.90 Å². The number of hydrogen-bond acceptors (Lipinski definition) is 7. The van der Waals surface area contributed by atoms with Gasteiger partial charge in [0, 0.05) is 18.5 Å². The molecule has 0 aromatic heterocycles. The van der Waals surface area contributed by atoms with Crippen LogP contribution in [0.3, 0.4) is 0 Å². The summed E-state index contributed by atoms with van der Waals surface area (Å²) in [5, 5.41) is 2.27. The fraction of sp³-hybridized carbons (Fsp3) is 0.667. The molecule has 3 rings (SSSR count). The molecular weight excluding hydrogens is 530 g/mol. The van der Waals surface area contributed by atoms with Crippen molar-refractivity contribution in [1.29, 1.82) is 0 Å². The van der Waals surface area contributed by atoms with E-state index in [-0.39, 0.29) is 24.7 Å². The molecule has 10 heteroatoms. The van der Waals surface area contributed by atoms with E-state index in [1.165, 1.54) is 6.42 Å². The van der Waals surface area contributed by atoms with E-state index in [2.05, 4.69) is 17.0 Å². The average molecular weight is 576 g/mol. The summed E-state index contributed by atoms with van der Waals surface area (Å²) in [4.78, 5) is 52.0. The predicted octanol–water partition coefficient (Wildman–Crippen LogP) is 5.17. The number of ether oxygens (including phenoxy) is 2. The number of aldehydes is 1. The zero-order valence-corrected chi connectivity index (χ0v) is 24.6. The monoisotopic (exact) mass is 575 g/mol. The van der Waals surface area contributed by atoms with Crippen LogP contribution in [0.1, 0.15) is 89.5 Å². The van der Waals surface area contributed by atoms with E-state index in [1.807, 2.05) is 24.3 Å². The molecule has 1 saturated carbocycles. The Hall–Kier alpha value is -2.75. The molecule has 0 spiro atoms. The first-order valence-electron chi connectivity index (χ1n) is 14.8. The summed E-state index contributed by atoms with van der Waals surface area (Å²) in [5.41, 5.74) is 0.947. The topological polar surface area (TPSA) is 114 Å². The van der Waals surface area contributed by atoms with Gasteiger partial charge in [-0.15, -0.1) is 0 Å². The molecule has 1 aliphatic carbocycles. The van der Waals surface area contributed by atoms with E-state index in [0.717, 1.165) is 74.6 Å². The molecule has 9 nitrogen and oxygen atoms in total. The van der Waals surface area contributed by atoms with E-state index >= 15 is 0 Å². The number of rotatable bonds is 15. The van der Waals surface area contributed by atoms with Crippen molar-refractivity contribution < 1.29 is 28.7 Å². The van der Waals surface area contributed by atoms with Crippen LogP contribution in [0, 0.1) is 5.92 Å². The van der Waals surface area contributed by atoms with Crippen LogP contribution in [0.15, 0.2) is 24.3 Å². The summed E-state index contributed by atoms with van der Waals surface area (Å²) in [5.74, 6) is 0.790. The first kappa shape index (κ1) is 31.8. The molecule has 1 heterocycles. The van der Waals surface area contributed by atoms with Crippen LogP contribution < -0.4 is 14.8 Å². The third-order valence-corrected chi connectivity index (χ3v) is 8.52. The maximum Gasteiger partial charge on any atom is 0.417 e. The van der Waals surface area contributed by atoms with E-state index in [4.69, 9.17) is 9.47 Å². The fourth-order valence-corrected chi connectivity index (χ4v) is 6.04. The first-order chi connectivity index (χ1) is 19.5. The molecule has 0 radical (unpaired) electrons. The number of amides is 3. The Morgan fingerprint density at radius 1 is 1.15 bits per heavy atom. The molecule has 2 N–H and O–H groups in total. The van der Waals surface area contributed by atoms with Crippen LogP contribution in [0.25, 0.3) is 0 Å². The van der Waals surface area contributed by atoms with Crippen LogP contribution in [-0.4, -0.2) is 60.1 Å². The molecule has 222 valence electrons. The van der Waals surface area contributed by atoms with Crippen LogP contribution in [0.5, 0.6) is 5.75 Å². The number of para-hydroxylation sites is 1. The summed E-state index contributed by atoms with van der Waals surface area (Å²) in [7, 11) is 0. The lowest BCUT2D eigenvalue weighted by Crippen LogP contribution is -2.43. The summed E-state index contributed by atoms with van der Waals surface area (Å²) >= 11 is 1.05. The smallest absolute Gasteiger partial charge is 0.417 e. The minimum atomic E-state index is -0.785. The molecule has 2 aliphatic rings. The molecule has 40 heavy (non-hydrogen) atoms. The van der Waals surface area contributed by atoms with Crippen molar-refractivity contribution in [1.82, 2.24) is 14.9 Å². The maximum atomic E-state index is 13.3. The van der Waals surface area contributed by atoms with Crippen molar-refractivity contribution in [3.63, 3.8) is 0 Å². The van der Waals surface area contributed by atoms with Crippen molar-refractivity contribution in [2.24, 2.45) is 5.92 Å². The zero-order valence-electron chi connectivity index (χ0n) is 23.7. The van der Waals surface area contributed by atoms with Crippen LogP contribution in [0.4, 0.5) is 4.79 Å². The van der Waals surface area contributed by atoms with Gasteiger partial charge in [0.15, 0.2) is 0 Å². The Balaban J connectivity index is 1.50. The summed E-state index contributed by atoms with van der Waals surface area (Å²) in [6, 6.07) is 6.87. The SMILES string of the molecule is CCCCCCOC(=O)NS[C@@H](CC1CCCCC1)C(=O)N[C@H](C=O)CCC(=O)N1CCOc2ccccc2C1. The number of carbonyl (C=O) groups is 4. The lowest BCUT2D eigenvalue weighted by atomic mass is 9.86. The highest BCUT2D eigenvalue weighted by atomic mass is 32.2. The normalized spacial score (nSPS) is 17.0. The average Bonchev–Trinajstić information content (AvgIpc) is 3.20. The van der Waals surface area contributed by atoms with Gasteiger partial charge in [0.05, 0.1) is 19.2 Å². The fourth-order valence-electron chi connectivity index (χ4n) is 5.20. The molecule has 0 saturated heterocycles. The highest BCUT2D eigenvalue weighted by Crippen LogP contribution is 2.30. The van der Waals surface area contributed by atoms with Gasteiger partial charge >= 0.3 is 6.09 Å². The Bertz CT molecular complexity index is 955. The van der Waals surface area contributed by atoms with E-state index < -0.39 is 17.4 Å². The number of unbranched alkanes of at least 4 members (excludes halogenated alkanes) is 3. The Morgan fingerprint density at radius 2 is 1.95 bits per heavy atom. The number of carbonyl (C=O) groups excluding carboxylic acids is 4. The lowest BCUT2D eigenvalue weighted by molar-refractivity contribution is -0.132. The first-order valence-corrected chi connectivity index (χ1v) is 15.7. The van der Waals surface area contributed by atoms with Gasteiger partial charge in [-0.2, -0.15) is 0 Å². The molecule has 1 aromatic carbocycles. The lowest BCUT2D eigenvalue weighted by Gasteiger charge is -2.26. The highest BCUT2D eigenvalue weighted by Gasteiger charge is 2.28. The molecule has 1 aromatic rings. The van der Waals surface area contributed by atoms with E-state index in [9.17, 15) is 19.2 Å². The zero-order chi connectivity index (χ0) is 28.6. The Morgan fingerprint density at radius 3 is 2.73 bits per heavy atom. The quantitative estimate of drug-likeness (QED) is 0.169. The van der Waals surface area contributed by atoms with Gasteiger partial charge in [0.25, 0.3) is 0 Å². The van der Waals surface area contributed by atoms with Crippen molar-refractivity contribution >= 4 is 36.1 Å². The molecule has 3 amide bonds. The van der Waals surface area contributed by atoms with Gasteiger partial charge in [-0.1, -0.05) is 76.5 Å². The molecule has 1 fully saturated rings. The molecular formula is C30H45N3O6S. The standard InChI is InChI=1S/C30H45N3O6S/c1-2-3-4-10-18-39-30(37)32-40-27(20-23-11-6-5-7-12-23)29(36)31-25(22-34)15-16-28(35)33-17-19-38-26-14-9-8-13-24(26)21-33/h8-9,13-14,22-23,25,27H,2-7,10-12,15-21H2,1H3,(H,31,36)(H,32,37)/t25-,27-/m0/s1. The van der Waals surface area contributed by atoms with Gasteiger partial charge in [-0.3, -0.25) is 14.3 Å². The Labute approximate surface area is 242 Å². The van der Waals surface area contributed by atoms with Gasteiger partial charge < -0.3 is 24.5 Å². The highest BCUT2D eigenvalue weighted by molar-refractivity contribution is 7.99. The van der Waals surface area contributed by atoms with Gasteiger partial charge in [0.1, 0.15) is 23.9 Å². The van der Waals surface area contributed by atoms with Crippen molar-refractivity contribution in [2.75, 3.05) is 19.8 Å². The number of benzene rings is 1.